The van der Waals surface area contributed by atoms with E-state index in [1.165, 1.54) is 25.3 Å². The van der Waals surface area contributed by atoms with E-state index in [9.17, 15) is 13.2 Å². The first kappa shape index (κ1) is 18.9. The third-order valence-corrected chi connectivity index (χ3v) is 5.77. The van der Waals surface area contributed by atoms with E-state index in [0.717, 1.165) is 6.07 Å². The van der Waals surface area contributed by atoms with Crippen LogP contribution in [0, 0.1) is 0 Å². The average molecular weight is 355 g/mol. The zero-order valence-electron chi connectivity index (χ0n) is 12.4. The molecule has 0 bridgehead atoms. The first-order valence-corrected chi connectivity index (χ1v) is 9.30. The van der Waals surface area contributed by atoms with Crippen molar-refractivity contribution < 1.29 is 27.1 Å². The Morgan fingerprint density at radius 1 is 1.27 bits per heavy atom. The lowest BCUT2D eigenvalue weighted by Crippen LogP contribution is -2.16. The highest BCUT2D eigenvalue weighted by Crippen LogP contribution is 2.49. The third-order valence-electron chi connectivity index (χ3n) is 2.58. The molecule has 0 amide bonds. The first-order chi connectivity index (χ1) is 10.3. The van der Waals surface area contributed by atoms with Crippen molar-refractivity contribution in [3.63, 3.8) is 0 Å². The Balaban J connectivity index is 3.29. The van der Waals surface area contributed by atoms with E-state index in [-0.39, 0.29) is 11.5 Å². The van der Waals surface area contributed by atoms with Crippen molar-refractivity contribution in [1.29, 1.82) is 0 Å². The summed E-state index contributed by atoms with van der Waals surface area (Å²) in [5, 5.41) is 3.56. The van der Waals surface area contributed by atoms with Gasteiger partial charge in [0.05, 0.1) is 17.7 Å². The zero-order chi connectivity index (χ0) is 16.8. The van der Waals surface area contributed by atoms with E-state index in [0.29, 0.717) is 12.8 Å². The molecule has 0 aliphatic rings. The van der Waals surface area contributed by atoms with Crippen molar-refractivity contribution in [2.75, 3.05) is 19.9 Å². The van der Waals surface area contributed by atoms with Crippen molar-refractivity contribution in [2.24, 2.45) is 5.16 Å². The molecule has 0 aliphatic carbocycles. The molecule has 1 aromatic carbocycles. The molecule has 0 radical (unpaired) electrons. The minimum Gasteiger partial charge on any atom is -0.422 e. The molecule has 124 valence electrons. The van der Waals surface area contributed by atoms with E-state index in [2.05, 4.69) is 9.99 Å². The Morgan fingerprint density at radius 3 is 2.41 bits per heavy atom. The summed E-state index contributed by atoms with van der Waals surface area (Å²) < 4.78 is 50.2. The molecule has 22 heavy (non-hydrogen) atoms. The minimum absolute atomic E-state index is 0.237. The van der Waals surface area contributed by atoms with Gasteiger partial charge in [-0.3, -0.25) is 0 Å². The van der Waals surface area contributed by atoms with Crippen molar-refractivity contribution in [3.8, 4) is 0 Å². The van der Waals surface area contributed by atoms with E-state index in [1.807, 2.05) is 0 Å². The number of hydrogen-bond donors (Lipinski definition) is 0. The summed E-state index contributed by atoms with van der Waals surface area (Å²) in [4.78, 5) is 4.61. The van der Waals surface area contributed by atoms with Gasteiger partial charge < -0.3 is 13.9 Å². The number of halogens is 3. The summed E-state index contributed by atoms with van der Waals surface area (Å²) in [6, 6.07) is 4.94. The Hall–Kier alpha value is -1.11. The molecular formula is C13H17F3NO3PS. The number of hydrogen-bond acceptors (Lipinski definition) is 5. The van der Waals surface area contributed by atoms with Gasteiger partial charge in [-0.2, -0.15) is 13.2 Å². The molecule has 0 heterocycles. The summed E-state index contributed by atoms with van der Waals surface area (Å²) in [5.74, 6) is -0.325. The summed E-state index contributed by atoms with van der Waals surface area (Å²) >= 11 is 5.28. The van der Waals surface area contributed by atoms with Gasteiger partial charge in [-0.15, -0.1) is 0 Å². The van der Waals surface area contributed by atoms with Gasteiger partial charge >= 0.3 is 6.18 Å². The van der Waals surface area contributed by atoms with Crippen LogP contribution in [0.2, 0.25) is 0 Å². The normalized spacial score (nSPS) is 15.3. The van der Waals surface area contributed by atoms with Crippen LogP contribution in [0.4, 0.5) is 13.2 Å². The van der Waals surface area contributed by atoms with E-state index < -0.39 is 18.2 Å². The molecule has 0 saturated carbocycles. The van der Waals surface area contributed by atoms with Gasteiger partial charge in [0.15, 0.2) is 0 Å². The molecule has 0 fully saturated rings. The second-order valence-electron chi connectivity index (χ2n) is 4.06. The van der Waals surface area contributed by atoms with Crippen molar-refractivity contribution in [1.82, 2.24) is 0 Å². The predicted octanol–water partition coefficient (Wildman–Crippen LogP) is 4.40. The second-order valence-corrected chi connectivity index (χ2v) is 8.02. The van der Waals surface area contributed by atoms with Crippen LogP contribution in [0.15, 0.2) is 29.4 Å². The Morgan fingerprint density at radius 2 is 1.91 bits per heavy atom. The zero-order valence-corrected chi connectivity index (χ0v) is 14.1. The summed E-state index contributed by atoms with van der Waals surface area (Å²) in [6.45, 7) is 1.01. The van der Waals surface area contributed by atoms with Gasteiger partial charge in [0.25, 0.3) is 5.90 Å². The van der Waals surface area contributed by atoms with Gasteiger partial charge in [0.1, 0.15) is 7.11 Å². The first-order valence-electron chi connectivity index (χ1n) is 6.48. The Labute approximate surface area is 132 Å². The van der Waals surface area contributed by atoms with Crippen molar-refractivity contribution in [2.45, 2.75) is 20.0 Å². The number of oxime groups is 1. The fraction of sp³-hybridized carbons (Fsp3) is 0.462. The molecule has 4 nitrogen and oxygen atoms in total. The summed E-state index contributed by atoms with van der Waals surface area (Å²) in [7, 11) is 1.22. The Kier molecular flexibility index (Phi) is 6.84. The second kappa shape index (κ2) is 7.94. The molecule has 0 aliphatic heterocycles. The van der Waals surface area contributed by atoms with Gasteiger partial charge in [0, 0.05) is 6.16 Å². The molecule has 0 N–H and O–H groups in total. The standard InChI is InChI=1S/C13H17F3NO3PS/c1-4-19-21(22,5-2)20-12(17-18-3)10-8-6-7-9-11(10)13(14,15)16/h6-9H,4-5H2,1-3H3. The number of alkyl halides is 3. The fourth-order valence-corrected chi connectivity index (χ4v) is 3.31. The summed E-state index contributed by atoms with van der Waals surface area (Å²) in [6.07, 6.45) is -4.19. The van der Waals surface area contributed by atoms with Gasteiger partial charge in [-0.25, -0.2) is 0 Å². The smallest absolute Gasteiger partial charge is 0.417 e. The number of rotatable bonds is 6. The molecule has 1 atom stereocenters. The maximum atomic E-state index is 13.1. The third kappa shape index (κ3) is 4.97. The highest BCUT2D eigenvalue weighted by atomic mass is 32.5. The SMILES string of the molecule is CCOP(=S)(CC)OC(=NOC)c1ccccc1C(F)(F)F. The monoisotopic (exact) mass is 355 g/mol. The van der Waals surface area contributed by atoms with E-state index >= 15 is 0 Å². The highest BCUT2D eigenvalue weighted by molar-refractivity contribution is 8.10. The molecule has 1 aromatic rings. The lowest BCUT2D eigenvalue weighted by molar-refractivity contribution is -0.137. The van der Waals surface area contributed by atoms with Crippen LogP contribution in [-0.4, -0.2) is 25.8 Å². The van der Waals surface area contributed by atoms with Crippen LogP contribution in [-0.2, 0) is 31.9 Å². The molecule has 1 unspecified atom stereocenters. The van der Waals surface area contributed by atoms with Crippen LogP contribution >= 0.6 is 6.49 Å². The van der Waals surface area contributed by atoms with Gasteiger partial charge in [0.2, 0.25) is 6.49 Å². The average Bonchev–Trinajstić information content (AvgIpc) is 2.46. The molecular weight excluding hydrogens is 338 g/mol. The van der Waals surface area contributed by atoms with Crippen molar-refractivity contribution in [3.05, 3.63) is 35.4 Å². The largest absolute Gasteiger partial charge is 0.422 e. The molecule has 0 saturated heterocycles. The van der Waals surface area contributed by atoms with Gasteiger partial charge in [-0.1, -0.05) is 19.1 Å². The van der Waals surface area contributed by atoms with Gasteiger partial charge in [-0.05, 0) is 36.0 Å². The van der Waals surface area contributed by atoms with E-state index in [4.69, 9.17) is 20.9 Å². The molecule has 0 spiro atoms. The van der Waals surface area contributed by atoms with Crippen LogP contribution in [0.25, 0.3) is 0 Å². The van der Waals surface area contributed by atoms with E-state index in [1.54, 1.807) is 13.8 Å². The topological polar surface area (TPSA) is 40.0 Å². The summed E-state index contributed by atoms with van der Waals surface area (Å²) in [5.41, 5.74) is -1.11. The van der Waals surface area contributed by atoms with Crippen molar-refractivity contribution >= 4 is 24.2 Å². The fourth-order valence-electron chi connectivity index (χ4n) is 1.63. The maximum Gasteiger partial charge on any atom is 0.417 e. The predicted molar refractivity (Wildman–Crippen MR) is 82.5 cm³/mol. The quantitative estimate of drug-likeness (QED) is 0.328. The lowest BCUT2D eigenvalue weighted by Gasteiger charge is -2.22. The number of nitrogens with zero attached hydrogens (tertiary/aromatic N) is 1. The van der Waals surface area contributed by atoms with Crippen LogP contribution in [0.1, 0.15) is 25.0 Å². The maximum absolute atomic E-state index is 13.1. The molecule has 0 aromatic heterocycles. The lowest BCUT2D eigenvalue weighted by atomic mass is 10.1. The Bertz CT molecular complexity index is 578. The minimum atomic E-state index is -4.55. The van der Waals surface area contributed by atoms with Crippen LogP contribution in [0.3, 0.4) is 0 Å². The highest BCUT2D eigenvalue weighted by Gasteiger charge is 2.36. The molecule has 9 heteroatoms. The molecule has 1 rings (SSSR count). The van der Waals surface area contributed by atoms with Crippen LogP contribution in [0.5, 0.6) is 0 Å². The number of benzene rings is 1. The van der Waals surface area contributed by atoms with Crippen LogP contribution < -0.4 is 0 Å².